The number of carbonyl (C=O) groups is 2. The fraction of sp³-hybridized carbons (Fsp3) is 0.0909. The summed E-state index contributed by atoms with van der Waals surface area (Å²) in [4.78, 5) is 32.1. The van der Waals surface area contributed by atoms with Crippen LogP contribution in [0.3, 0.4) is 0 Å². The van der Waals surface area contributed by atoms with Crippen molar-refractivity contribution in [2.45, 2.75) is 13.5 Å². The number of rotatable bonds is 5. The van der Waals surface area contributed by atoms with Crippen molar-refractivity contribution < 1.29 is 14.7 Å². The maximum absolute atomic E-state index is 12.2. The van der Waals surface area contributed by atoms with Gasteiger partial charge in [-0.15, -0.1) is 0 Å². The average Bonchev–Trinajstić information content (AvgIpc) is 3.05. The Morgan fingerprint density at radius 1 is 1.00 bits per heavy atom. The first-order chi connectivity index (χ1) is 14.9. The molecule has 2 amide bonds. The van der Waals surface area contributed by atoms with Crippen molar-refractivity contribution in [3.63, 3.8) is 0 Å². The number of halogens is 1. The number of aryl methyl sites for hydroxylation is 1. The standard InChI is InChI=1S/C22H18ClN5O3/c1-13-24-18-9-10-19(21(29)30)27-20(18)28(13)12-14-7-8-16(11-17(14)23)26-22(31)25-15-5-3-2-4-6-15/h2-11H,12H2,1H3,(H,29,30)(H2,25,26,31). The highest BCUT2D eigenvalue weighted by atomic mass is 35.5. The highest BCUT2D eigenvalue weighted by Crippen LogP contribution is 2.24. The number of anilines is 2. The minimum absolute atomic E-state index is 0.0521. The molecule has 2 aromatic carbocycles. The van der Waals surface area contributed by atoms with Gasteiger partial charge in [-0.1, -0.05) is 35.9 Å². The molecule has 4 rings (SSSR count). The highest BCUT2D eigenvalue weighted by molar-refractivity contribution is 6.31. The van der Waals surface area contributed by atoms with Crippen LogP contribution in [-0.4, -0.2) is 31.6 Å². The van der Waals surface area contributed by atoms with Gasteiger partial charge in [0.05, 0.1) is 6.54 Å². The number of carboxylic acids is 1. The van der Waals surface area contributed by atoms with Gasteiger partial charge in [0.25, 0.3) is 0 Å². The molecule has 8 nitrogen and oxygen atoms in total. The van der Waals surface area contributed by atoms with Crippen molar-refractivity contribution in [2.24, 2.45) is 0 Å². The smallest absolute Gasteiger partial charge is 0.354 e. The number of hydrogen-bond donors (Lipinski definition) is 3. The lowest BCUT2D eigenvalue weighted by Crippen LogP contribution is -2.19. The number of benzene rings is 2. The van der Waals surface area contributed by atoms with E-state index in [2.05, 4.69) is 20.6 Å². The number of amides is 2. The van der Waals surface area contributed by atoms with Crippen LogP contribution in [0.15, 0.2) is 60.7 Å². The molecule has 2 heterocycles. The molecular formula is C22H18ClN5O3. The summed E-state index contributed by atoms with van der Waals surface area (Å²) in [5, 5.41) is 15.2. The SMILES string of the molecule is Cc1nc2ccc(C(=O)O)nc2n1Cc1ccc(NC(=O)Nc2ccccc2)cc1Cl. The number of urea groups is 1. The zero-order valence-corrected chi connectivity index (χ0v) is 17.2. The first kappa shape index (κ1) is 20.4. The number of hydrogen-bond acceptors (Lipinski definition) is 4. The van der Waals surface area contributed by atoms with E-state index < -0.39 is 5.97 Å². The van der Waals surface area contributed by atoms with Crippen molar-refractivity contribution in [1.82, 2.24) is 14.5 Å². The molecule has 0 radical (unpaired) electrons. The fourth-order valence-corrected chi connectivity index (χ4v) is 3.40. The van der Waals surface area contributed by atoms with Crippen molar-refractivity contribution in [3.8, 4) is 0 Å². The normalized spacial score (nSPS) is 10.8. The predicted octanol–water partition coefficient (Wildman–Crippen LogP) is 4.78. The number of imidazole rings is 1. The van der Waals surface area contributed by atoms with Crippen molar-refractivity contribution in [2.75, 3.05) is 10.6 Å². The summed E-state index contributed by atoms with van der Waals surface area (Å²) < 4.78 is 1.80. The van der Waals surface area contributed by atoms with Gasteiger partial charge in [0.15, 0.2) is 11.3 Å². The number of aromatic carboxylic acids is 1. The number of carbonyl (C=O) groups excluding carboxylic acids is 1. The molecule has 31 heavy (non-hydrogen) atoms. The van der Waals surface area contributed by atoms with Gasteiger partial charge in [-0.2, -0.15) is 0 Å². The van der Waals surface area contributed by atoms with Crippen LogP contribution in [0, 0.1) is 6.92 Å². The summed E-state index contributed by atoms with van der Waals surface area (Å²) in [5.41, 5.74) is 3.02. The molecule has 0 aliphatic carbocycles. The summed E-state index contributed by atoms with van der Waals surface area (Å²) in [5.74, 6) is -0.417. The van der Waals surface area contributed by atoms with Gasteiger partial charge in [0.1, 0.15) is 11.3 Å². The van der Waals surface area contributed by atoms with E-state index in [1.54, 1.807) is 41.0 Å². The lowest BCUT2D eigenvalue weighted by Gasteiger charge is -2.12. The maximum Gasteiger partial charge on any atom is 0.354 e. The molecule has 0 saturated heterocycles. The minimum Gasteiger partial charge on any atom is -0.477 e. The summed E-state index contributed by atoms with van der Waals surface area (Å²) in [6, 6.07) is 17.0. The number of aromatic nitrogens is 3. The maximum atomic E-state index is 12.2. The molecule has 156 valence electrons. The fourth-order valence-electron chi connectivity index (χ4n) is 3.16. The third-order valence-electron chi connectivity index (χ3n) is 4.67. The van der Waals surface area contributed by atoms with E-state index >= 15 is 0 Å². The van der Waals surface area contributed by atoms with Crippen LogP contribution < -0.4 is 10.6 Å². The molecule has 3 N–H and O–H groups in total. The Bertz CT molecular complexity index is 1290. The Kier molecular flexibility index (Phi) is 5.55. The molecule has 0 atom stereocenters. The van der Waals surface area contributed by atoms with Crippen LogP contribution >= 0.6 is 11.6 Å². The molecule has 9 heteroatoms. The molecule has 0 spiro atoms. The van der Waals surface area contributed by atoms with Crippen LogP contribution in [0.25, 0.3) is 11.2 Å². The zero-order chi connectivity index (χ0) is 22.0. The molecular weight excluding hydrogens is 418 g/mol. The average molecular weight is 436 g/mol. The number of carboxylic acid groups (broad SMARTS) is 1. The van der Waals surface area contributed by atoms with Crippen molar-refractivity contribution >= 4 is 46.1 Å². The second kappa shape index (κ2) is 8.45. The first-order valence-corrected chi connectivity index (χ1v) is 9.77. The van der Waals surface area contributed by atoms with E-state index in [0.29, 0.717) is 39.9 Å². The molecule has 0 unspecified atom stereocenters. The number of nitrogens with one attached hydrogen (secondary N) is 2. The van der Waals surface area contributed by atoms with E-state index in [4.69, 9.17) is 11.6 Å². The van der Waals surface area contributed by atoms with Crippen molar-refractivity contribution in [3.05, 3.63) is 82.8 Å². The topological polar surface area (TPSA) is 109 Å². The second-order valence-electron chi connectivity index (χ2n) is 6.84. The summed E-state index contributed by atoms with van der Waals surface area (Å²) >= 11 is 6.46. The van der Waals surface area contributed by atoms with Gasteiger partial charge in [-0.3, -0.25) is 0 Å². The first-order valence-electron chi connectivity index (χ1n) is 9.39. The molecule has 0 aliphatic heterocycles. The molecule has 0 bridgehead atoms. The monoisotopic (exact) mass is 435 g/mol. The Morgan fingerprint density at radius 3 is 2.45 bits per heavy atom. The zero-order valence-electron chi connectivity index (χ0n) is 16.5. The van der Waals surface area contributed by atoms with Gasteiger partial charge < -0.3 is 20.3 Å². The number of nitrogens with zero attached hydrogens (tertiary/aromatic N) is 3. The van der Waals surface area contributed by atoms with Crippen LogP contribution in [0.5, 0.6) is 0 Å². The predicted molar refractivity (Wildman–Crippen MR) is 119 cm³/mol. The number of fused-ring (bicyclic) bond motifs is 1. The lowest BCUT2D eigenvalue weighted by atomic mass is 10.2. The van der Waals surface area contributed by atoms with Gasteiger partial charge in [-0.05, 0) is 48.9 Å². The van der Waals surface area contributed by atoms with Gasteiger partial charge in [0.2, 0.25) is 0 Å². The van der Waals surface area contributed by atoms with E-state index in [-0.39, 0.29) is 11.7 Å². The highest BCUT2D eigenvalue weighted by Gasteiger charge is 2.14. The summed E-state index contributed by atoms with van der Waals surface area (Å²) in [7, 11) is 0. The third-order valence-corrected chi connectivity index (χ3v) is 5.03. The lowest BCUT2D eigenvalue weighted by molar-refractivity contribution is 0.0691. The van der Waals surface area contributed by atoms with E-state index in [0.717, 1.165) is 5.56 Å². The molecule has 0 aliphatic rings. The van der Waals surface area contributed by atoms with Crippen molar-refractivity contribution in [1.29, 1.82) is 0 Å². The summed E-state index contributed by atoms with van der Waals surface area (Å²) in [6.45, 7) is 2.17. The summed E-state index contributed by atoms with van der Waals surface area (Å²) in [6.07, 6.45) is 0. The molecule has 4 aromatic rings. The minimum atomic E-state index is -1.10. The Labute approximate surface area is 182 Å². The van der Waals surface area contributed by atoms with E-state index in [1.807, 2.05) is 25.1 Å². The molecule has 0 saturated carbocycles. The number of para-hydroxylation sites is 1. The molecule has 0 fully saturated rings. The molecule has 2 aromatic heterocycles. The third kappa shape index (κ3) is 4.49. The van der Waals surface area contributed by atoms with Gasteiger partial charge in [-0.25, -0.2) is 19.6 Å². The van der Waals surface area contributed by atoms with E-state index in [1.165, 1.54) is 6.07 Å². The Balaban J connectivity index is 1.54. The van der Waals surface area contributed by atoms with E-state index in [9.17, 15) is 14.7 Å². The van der Waals surface area contributed by atoms with Crippen LogP contribution in [0.1, 0.15) is 21.9 Å². The van der Waals surface area contributed by atoms with Crippen LogP contribution in [-0.2, 0) is 6.54 Å². The van der Waals surface area contributed by atoms with Gasteiger partial charge in [0, 0.05) is 16.4 Å². The Hall–Kier alpha value is -3.91. The van der Waals surface area contributed by atoms with Crippen LogP contribution in [0.4, 0.5) is 16.2 Å². The number of pyridine rings is 1. The largest absolute Gasteiger partial charge is 0.477 e. The van der Waals surface area contributed by atoms with Gasteiger partial charge >= 0.3 is 12.0 Å². The Morgan fingerprint density at radius 2 is 1.74 bits per heavy atom. The van der Waals surface area contributed by atoms with Crippen LogP contribution in [0.2, 0.25) is 5.02 Å². The second-order valence-corrected chi connectivity index (χ2v) is 7.25. The quantitative estimate of drug-likeness (QED) is 0.417.